The Morgan fingerprint density at radius 2 is 2.33 bits per heavy atom. The largest absolute Gasteiger partial charge is 0.465 e. The van der Waals surface area contributed by atoms with E-state index in [-0.39, 0.29) is 17.7 Å². The minimum atomic E-state index is -0.580. The SMILES string of the molecule is COC(=O)c1c(C#N)cc(Cl)cc1CN. The van der Waals surface area contributed by atoms with E-state index in [9.17, 15) is 4.79 Å². The fourth-order valence-corrected chi connectivity index (χ4v) is 1.50. The molecule has 78 valence electrons. The van der Waals surface area contributed by atoms with Gasteiger partial charge in [0.1, 0.15) is 6.07 Å². The molecule has 5 heteroatoms. The van der Waals surface area contributed by atoms with Crippen LogP contribution >= 0.6 is 11.6 Å². The zero-order chi connectivity index (χ0) is 11.4. The van der Waals surface area contributed by atoms with E-state index < -0.39 is 5.97 Å². The van der Waals surface area contributed by atoms with Crippen LogP contribution < -0.4 is 5.73 Å². The van der Waals surface area contributed by atoms with Crippen molar-refractivity contribution in [2.24, 2.45) is 5.73 Å². The highest BCUT2D eigenvalue weighted by Gasteiger charge is 2.17. The van der Waals surface area contributed by atoms with E-state index in [2.05, 4.69) is 4.74 Å². The summed E-state index contributed by atoms with van der Waals surface area (Å²) < 4.78 is 4.57. The zero-order valence-electron chi connectivity index (χ0n) is 8.08. The van der Waals surface area contributed by atoms with Crippen LogP contribution in [-0.4, -0.2) is 13.1 Å². The van der Waals surface area contributed by atoms with Gasteiger partial charge in [-0.15, -0.1) is 0 Å². The Labute approximate surface area is 92.2 Å². The Kier molecular flexibility index (Phi) is 3.67. The molecular formula is C10H9ClN2O2. The van der Waals surface area contributed by atoms with Crippen LogP contribution in [0.5, 0.6) is 0 Å². The Hall–Kier alpha value is -1.57. The van der Waals surface area contributed by atoms with Gasteiger partial charge in [-0.2, -0.15) is 5.26 Å². The normalized spacial score (nSPS) is 9.47. The average molecular weight is 225 g/mol. The summed E-state index contributed by atoms with van der Waals surface area (Å²) in [6.45, 7) is 0.125. The van der Waals surface area contributed by atoms with Crippen molar-refractivity contribution in [2.75, 3.05) is 7.11 Å². The lowest BCUT2D eigenvalue weighted by Crippen LogP contribution is -2.11. The number of nitrogens with zero attached hydrogens (tertiary/aromatic N) is 1. The number of hydrogen-bond donors (Lipinski definition) is 1. The van der Waals surface area contributed by atoms with E-state index >= 15 is 0 Å². The Balaban J connectivity index is 3.45. The molecule has 0 bridgehead atoms. The highest BCUT2D eigenvalue weighted by molar-refractivity contribution is 6.31. The fourth-order valence-electron chi connectivity index (χ4n) is 1.26. The zero-order valence-corrected chi connectivity index (χ0v) is 8.84. The van der Waals surface area contributed by atoms with Gasteiger partial charge < -0.3 is 10.5 Å². The van der Waals surface area contributed by atoms with Crippen molar-refractivity contribution in [3.63, 3.8) is 0 Å². The predicted molar refractivity (Wildman–Crippen MR) is 55.4 cm³/mol. The highest BCUT2D eigenvalue weighted by Crippen LogP contribution is 2.21. The average Bonchev–Trinajstić information content (AvgIpc) is 2.26. The third kappa shape index (κ3) is 2.27. The van der Waals surface area contributed by atoms with Gasteiger partial charge in [-0.25, -0.2) is 4.79 Å². The number of rotatable bonds is 2. The van der Waals surface area contributed by atoms with Crippen molar-refractivity contribution in [2.45, 2.75) is 6.54 Å². The van der Waals surface area contributed by atoms with Gasteiger partial charge in [-0.3, -0.25) is 0 Å². The Morgan fingerprint density at radius 1 is 1.67 bits per heavy atom. The molecule has 0 saturated carbocycles. The first kappa shape index (κ1) is 11.5. The molecule has 2 N–H and O–H groups in total. The minimum Gasteiger partial charge on any atom is -0.465 e. The number of methoxy groups -OCH3 is 1. The number of hydrogen-bond acceptors (Lipinski definition) is 4. The molecule has 0 saturated heterocycles. The van der Waals surface area contributed by atoms with Crippen LogP contribution in [0, 0.1) is 11.3 Å². The van der Waals surface area contributed by atoms with Crippen LogP contribution in [0.25, 0.3) is 0 Å². The van der Waals surface area contributed by atoms with Crippen molar-refractivity contribution < 1.29 is 9.53 Å². The second-order valence-electron chi connectivity index (χ2n) is 2.79. The molecule has 0 fully saturated rings. The molecule has 15 heavy (non-hydrogen) atoms. The molecule has 1 aromatic carbocycles. The van der Waals surface area contributed by atoms with Gasteiger partial charge in [0.05, 0.1) is 18.2 Å². The molecule has 1 aromatic rings. The molecule has 0 unspecified atom stereocenters. The maximum absolute atomic E-state index is 11.4. The number of nitriles is 1. The highest BCUT2D eigenvalue weighted by atomic mass is 35.5. The van der Waals surface area contributed by atoms with Gasteiger partial charge >= 0.3 is 5.97 Å². The van der Waals surface area contributed by atoms with Crippen LogP contribution in [0.15, 0.2) is 12.1 Å². The van der Waals surface area contributed by atoms with Gasteiger partial charge in [0, 0.05) is 11.6 Å². The number of carbonyl (C=O) groups is 1. The van der Waals surface area contributed by atoms with E-state index in [1.54, 1.807) is 6.07 Å². The van der Waals surface area contributed by atoms with E-state index in [1.165, 1.54) is 13.2 Å². The lowest BCUT2D eigenvalue weighted by Gasteiger charge is -2.08. The molecule has 0 aliphatic heterocycles. The standard InChI is InChI=1S/C10H9ClN2O2/c1-15-10(14)9-6(4-12)2-8(11)3-7(9)5-13/h2-3H,4,12H2,1H3. The summed E-state index contributed by atoms with van der Waals surface area (Å²) in [5, 5.41) is 9.22. The first-order valence-electron chi connectivity index (χ1n) is 4.15. The van der Waals surface area contributed by atoms with Crippen molar-refractivity contribution in [1.82, 2.24) is 0 Å². The first-order chi connectivity index (χ1) is 7.13. The number of halogens is 1. The second-order valence-corrected chi connectivity index (χ2v) is 3.23. The molecular weight excluding hydrogens is 216 g/mol. The minimum absolute atomic E-state index is 0.125. The van der Waals surface area contributed by atoms with Crippen LogP contribution in [0.3, 0.4) is 0 Å². The summed E-state index contributed by atoms with van der Waals surface area (Å²) in [5.74, 6) is -0.580. The van der Waals surface area contributed by atoms with Crippen molar-refractivity contribution >= 4 is 17.6 Å². The maximum Gasteiger partial charge on any atom is 0.339 e. The number of nitrogens with two attached hydrogens (primary N) is 1. The third-order valence-corrected chi connectivity index (χ3v) is 2.13. The number of ether oxygens (including phenoxy) is 1. The Bertz CT molecular complexity index is 438. The lowest BCUT2D eigenvalue weighted by molar-refractivity contribution is 0.0599. The molecule has 0 atom stereocenters. The van der Waals surface area contributed by atoms with Gasteiger partial charge in [-0.1, -0.05) is 11.6 Å². The maximum atomic E-state index is 11.4. The van der Waals surface area contributed by atoms with Crippen LogP contribution in [-0.2, 0) is 11.3 Å². The molecule has 0 spiro atoms. The molecule has 0 aliphatic carbocycles. The molecule has 4 nitrogen and oxygen atoms in total. The molecule has 1 rings (SSSR count). The van der Waals surface area contributed by atoms with Crippen molar-refractivity contribution in [3.05, 3.63) is 33.8 Å². The predicted octanol–water partition coefficient (Wildman–Crippen LogP) is 1.46. The summed E-state index contributed by atoms with van der Waals surface area (Å²) in [4.78, 5) is 11.4. The van der Waals surface area contributed by atoms with Gasteiger partial charge in [-0.05, 0) is 17.7 Å². The topological polar surface area (TPSA) is 76.1 Å². The molecule has 0 aromatic heterocycles. The quantitative estimate of drug-likeness (QED) is 0.772. The first-order valence-corrected chi connectivity index (χ1v) is 4.52. The van der Waals surface area contributed by atoms with Crippen LogP contribution in [0.2, 0.25) is 5.02 Å². The number of benzene rings is 1. The summed E-state index contributed by atoms with van der Waals surface area (Å²) in [6, 6.07) is 4.85. The van der Waals surface area contributed by atoms with E-state index in [0.717, 1.165) is 0 Å². The molecule has 0 amide bonds. The smallest absolute Gasteiger partial charge is 0.339 e. The van der Waals surface area contributed by atoms with Crippen LogP contribution in [0.1, 0.15) is 21.5 Å². The molecule has 0 aliphatic rings. The summed E-state index contributed by atoms with van der Waals surface area (Å²) in [7, 11) is 1.25. The second kappa shape index (κ2) is 4.78. The number of carbonyl (C=O) groups excluding carboxylic acids is 1. The van der Waals surface area contributed by atoms with Gasteiger partial charge in [0.15, 0.2) is 0 Å². The van der Waals surface area contributed by atoms with E-state index in [1.807, 2.05) is 6.07 Å². The lowest BCUT2D eigenvalue weighted by atomic mass is 10.0. The monoisotopic (exact) mass is 224 g/mol. The molecule has 0 heterocycles. The summed E-state index contributed by atoms with van der Waals surface area (Å²) >= 11 is 5.77. The molecule has 0 radical (unpaired) electrons. The Morgan fingerprint density at radius 3 is 2.80 bits per heavy atom. The van der Waals surface area contributed by atoms with Gasteiger partial charge in [0.25, 0.3) is 0 Å². The summed E-state index contributed by atoms with van der Waals surface area (Å²) in [6.07, 6.45) is 0. The van der Waals surface area contributed by atoms with Crippen molar-refractivity contribution in [3.8, 4) is 6.07 Å². The summed E-state index contributed by atoms with van der Waals surface area (Å²) in [5.41, 5.74) is 6.33. The van der Waals surface area contributed by atoms with Crippen LogP contribution in [0.4, 0.5) is 0 Å². The fraction of sp³-hybridized carbons (Fsp3) is 0.200. The van der Waals surface area contributed by atoms with Crippen molar-refractivity contribution in [1.29, 1.82) is 5.26 Å². The van der Waals surface area contributed by atoms with Gasteiger partial charge in [0.2, 0.25) is 0 Å². The van der Waals surface area contributed by atoms with E-state index in [0.29, 0.717) is 10.6 Å². The van der Waals surface area contributed by atoms with E-state index in [4.69, 9.17) is 22.6 Å². The third-order valence-electron chi connectivity index (χ3n) is 1.91. The number of esters is 1.